The second-order valence-corrected chi connectivity index (χ2v) is 14.8. The first kappa shape index (κ1) is 34.6. The smallest absolute Gasteiger partial charge is 0.307 e. The number of rotatable bonds is 15. The van der Waals surface area contributed by atoms with Gasteiger partial charge in [-0.3, -0.25) is 9.59 Å². The normalized spacial score (nSPS) is 13.4. The van der Waals surface area contributed by atoms with E-state index in [1.165, 1.54) is 12.1 Å². The van der Waals surface area contributed by atoms with Gasteiger partial charge in [-0.2, -0.15) is 0 Å². The monoisotopic (exact) mass is 670 g/mol. The summed E-state index contributed by atoms with van der Waals surface area (Å²) in [6.07, 6.45) is -0.661. The summed E-state index contributed by atoms with van der Waals surface area (Å²) in [7, 11) is -0.820. The van der Waals surface area contributed by atoms with E-state index in [0.29, 0.717) is 21.5 Å². The summed E-state index contributed by atoms with van der Waals surface area (Å²) in [5, 5.41) is 22.2. The molecule has 4 rings (SSSR count). The molecule has 0 amide bonds. The van der Waals surface area contributed by atoms with E-state index in [-0.39, 0.29) is 35.7 Å². The molecule has 4 aromatic carbocycles. The van der Waals surface area contributed by atoms with Gasteiger partial charge in [-0.25, -0.2) is 26.3 Å². The number of hydrogen-bond donors (Lipinski definition) is 4. The fourth-order valence-electron chi connectivity index (χ4n) is 5.62. The molecular formula is C32H38N4O8S2. The standard InChI is InChI=1S/C32H38N4O8S2/c1-35(2)27-13-5-11-23-21(27)9-7-15-29(23)45(41,42)33-19-17-25(31(37)38)26(32(39)40)18-20-34-46(43,44)30-16-8-10-22-24(30)12-6-14-28(22)36(3)4/h5-16,25-26,33-34H,17-20H2,1-4H3,(H,37,38)(H,39,40). The summed E-state index contributed by atoms with van der Waals surface area (Å²) in [4.78, 5) is 28.1. The molecular weight excluding hydrogens is 633 g/mol. The van der Waals surface area contributed by atoms with E-state index in [0.717, 1.165) is 11.4 Å². The minimum Gasteiger partial charge on any atom is -0.481 e. The second kappa shape index (κ2) is 14.0. The Hall–Kier alpha value is -4.24. The van der Waals surface area contributed by atoms with Crippen LogP contribution in [0.25, 0.3) is 21.5 Å². The van der Waals surface area contributed by atoms with Crippen LogP contribution in [-0.2, 0) is 29.6 Å². The van der Waals surface area contributed by atoms with Crippen molar-refractivity contribution < 1.29 is 36.6 Å². The lowest BCUT2D eigenvalue weighted by Gasteiger charge is -2.21. The molecule has 0 spiro atoms. The number of hydrogen-bond acceptors (Lipinski definition) is 8. The predicted molar refractivity (Wildman–Crippen MR) is 178 cm³/mol. The van der Waals surface area contributed by atoms with Gasteiger partial charge in [0.15, 0.2) is 0 Å². The molecule has 2 unspecified atom stereocenters. The van der Waals surface area contributed by atoms with Crippen molar-refractivity contribution in [2.75, 3.05) is 51.1 Å². The number of nitrogens with zero attached hydrogens (tertiary/aromatic N) is 2. The highest BCUT2D eigenvalue weighted by Gasteiger charge is 2.34. The lowest BCUT2D eigenvalue weighted by Crippen LogP contribution is -2.36. The molecule has 14 heteroatoms. The van der Waals surface area contributed by atoms with Crippen molar-refractivity contribution >= 4 is 64.9 Å². The van der Waals surface area contributed by atoms with Gasteiger partial charge < -0.3 is 20.0 Å². The number of carbonyl (C=O) groups is 2. The molecule has 0 aliphatic rings. The Morgan fingerprint density at radius 3 is 1.24 bits per heavy atom. The number of carboxylic acids is 2. The molecule has 0 saturated carbocycles. The van der Waals surface area contributed by atoms with Crippen LogP contribution in [0.5, 0.6) is 0 Å². The van der Waals surface area contributed by atoms with E-state index >= 15 is 0 Å². The number of benzene rings is 4. The van der Waals surface area contributed by atoms with Crippen LogP contribution in [0.15, 0.2) is 82.6 Å². The number of carboxylic acid groups (broad SMARTS) is 2. The lowest BCUT2D eigenvalue weighted by molar-refractivity contribution is -0.154. The number of aliphatic carboxylic acids is 2. The van der Waals surface area contributed by atoms with Gasteiger partial charge in [-0.1, -0.05) is 48.5 Å². The van der Waals surface area contributed by atoms with Crippen molar-refractivity contribution in [1.82, 2.24) is 9.44 Å². The first-order valence-corrected chi connectivity index (χ1v) is 17.5. The molecule has 0 heterocycles. The summed E-state index contributed by atoms with van der Waals surface area (Å²) >= 11 is 0. The van der Waals surface area contributed by atoms with E-state index in [9.17, 15) is 36.6 Å². The third-order valence-corrected chi connectivity index (χ3v) is 10.9. The minimum absolute atomic E-state index is 0.0101. The lowest BCUT2D eigenvalue weighted by atomic mass is 9.87. The van der Waals surface area contributed by atoms with Crippen LogP contribution in [0.1, 0.15) is 12.8 Å². The Balaban J connectivity index is 1.47. The molecule has 246 valence electrons. The van der Waals surface area contributed by atoms with E-state index in [1.54, 1.807) is 48.5 Å². The van der Waals surface area contributed by atoms with Crippen LogP contribution in [0, 0.1) is 11.8 Å². The third kappa shape index (κ3) is 7.41. The summed E-state index contributed by atoms with van der Waals surface area (Å²) < 4.78 is 58.0. The highest BCUT2D eigenvalue weighted by Crippen LogP contribution is 2.32. The topological polar surface area (TPSA) is 173 Å². The fourth-order valence-corrected chi connectivity index (χ4v) is 8.16. The largest absolute Gasteiger partial charge is 0.481 e. The van der Waals surface area contributed by atoms with Gasteiger partial charge >= 0.3 is 11.9 Å². The Morgan fingerprint density at radius 1 is 0.587 bits per heavy atom. The van der Waals surface area contributed by atoms with E-state index in [1.807, 2.05) is 50.1 Å². The van der Waals surface area contributed by atoms with Gasteiger partial charge in [0.2, 0.25) is 20.0 Å². The molecule has 4 N–H and O–H groups in total. The van der Waals surface area contributed by atoms with E-state index in [2.05, 4.69) is 9.44 Å². The van der Waals surface area contributed by atoms with Crippen LogP contribution >= 0.6 is 0 Å². The van der Waals surface area contributed by atoms with Crippen molar-refractivity contribution in [2.24, 2.45) is 11.8 Å². The first-order chi connectivity index (χ1) is 21.7. The van der Waals surface area contributed by atoms with Crippen LogP contribution in [0.2, 0.25) is 0 Å². The van der Waals surface area contributed by atoms with Gasteiger partial charge in [0.1, 0.15) is 0 Å². The number of fused-ring (bicyclic) bond motifs is 2. The summed E-state index contributed by atoms with van der Waals surface area (Å²) in [6, 6.07) is 20.3. The van der Waals surface area contributed by atoms with Crippen LogP contribution in [0.3, 0.4) is 0 Å². The maximum Gasteiger partial charge on any atom is 0.307 e. The predicted octanol–water partition coefficient (Wildman–Crippen LogP) is 3.56. The molecule has 2 atom stereocenters. The van der Waals surface area contributed by atoms with Gasteiger partial charge in [0, 0.05) is 74.2 Å². The molecule has 12 nitrogen and oxygen atoms in total. The maximum atomic E-state index is 13.3. The molecule has 0 radical (unpaired) electrons. The van der Waals surface area contributed by atoms with E-state index < -0.39 is 43.8 Å². The summed E-state index contributed by atoms with van der Waals surface area (Å²) in [5.41, 5.74) is 1.64. The number of anilines is 2. The number of nitrogens with one attached hydrogen (secondary N) is 2. The van der Waals surface area contributed by atoms with Gasteiger partial charge in [-0.15, -0.1) is 0 Å². The van der Waals surface area contributed by atoms with Gasteiger partial charge in [-0.05, 0) is 37.1 Å². The van der Waals surface area contributed by atoms with Gasteiger partial charge in [0.05, 0.1) is 21.6 Å². The zero-order chi connectivity index (χ0) is 33.8. The molecule has 0 aliphatic heterocycles. The maximum absolute atomic E-state index is 13.3. The Labute approximate surface area is 268 Å². The van der Waals surface area contributed by atoms with E-state index in [4.69, 9.17) is 0 Å². The molecule has 0 aromatic heterocycles. The van der Waals surface area contributed by atoms with Crippen LogP contribution in [0.4, 0.5) is 11.4 Å². The Bertz CT molecular complexity index is 1840. The average Bonchev–Trinajstić information content (AvgIpc) is 3.00. The Morgan fingerprint density at radius 2 is 0.913 bits per heavy atom. The van der Waals surface area contributed by atoms with Gasteiger partial charge in [0.25, 0.3) is 0 Å². The SMILES string of the molecule is CN(C)c1cccc2c(S(=O)(=O)NCCC(C(=O)O)C(CCNS(=O)(=O)c3cccc4c(N(C)C)cccc34)C(=O)O)cccc12. The first-order valence-electron chi connectivity index (χ1n) is 14.5. The molecule has 0 bridgehead atoms. The Kier molecular flexibility index (Phi) is 10.6. The fraction of sp³-hybridized carbons (Fsp3) is 0.312. The van der Waals surface area contributed by atoms with Crippen molar-refractivity contribution in [1.29, 1.82) is 0 Å². The zero-order valence-electron chi connectivity index (χ0n) is 26.0. The highest BCUT2D eigenvalue weighted by molar-refractivity contribution is 7.90. The molecule has 4 aromatic rings. The minimum atomic E-state index is -4.09. The third-order valence-electron chi connectivity index (χ3n) is 7.88. The van der Waals surface area contributed by atoms with Crippen molar-refractivity contribution in [3.05, 3.63) is 72.8 Å². The molecule has 46 heavy (non-hydrogen) atoms. The molecule has 0 aliphatic carbocycles. The average molecular weight is 671 g/mol. The number of sulfonamides is 2. The summed E-state index contributed by atoms with van der Waals surface area (Å²) in [5.74, 6) is -5.84. The van der Waals surface area contributed by atoms with Crippen molar-refractivity contribution in [3.63, 3.8) is 0 Å². The van der Waals surface area contributed by atoms with Crippen LogP contribution in [-0.4, -0.2) is 80.3 Å². The second-order valence-electron chi connectivity index (χ2n) is 11.3. The molecule has 0 saturated heterocycles. The van der Waals surface area contributed by atoms with Crippen LogP contribution < -0.4 is 19.2 Å². The van der Waals surface area contributed by atoms with Crippen molar-refractivity contribution in [2.45, 2.75) is 22.6 Å². The zero-order valence-corrected chi connectivity index (χ0v) is 27.6. The quantitative estimate of drug-likeness (QED) is 0.146. The van der Waals surface area contributed by atoms with Crippen molar-refractivity contribution in [3.8, 4) is 0 Å². The highest BCUT2D eigenvalue weighted by atomic mass is 32.2. The summed E-state index contributed by atoms with van der Waals surface area (Å²) in [6.45, 7) is -0.689. The molecule has 0 fully saturated rings.